The molecular weight excluding hydrogens is 353 g/mol. The van der Waals surface area contributed by atoms with E-state index in [0.29, 0.717) is 14.9 Å². The number of hydrogen-bond donors (Lipinski definition) is 2. The number of anilines is 1. The first-order valence-corrected chi connectivity index (χ1v) is 8.65. The molecule has 2 N–H and O–H groups in total. The van der Waals surface area contributed by atoms with Gasteiger partial charge in [0.2, 0.25) is 0 Å². The summed E-state index contributed by atoms with van der Waals surface area (Å²) in [4.78, 5) is 0. The largest absolute Gasteiger partial charge is 0.384 e. The van der Waals surface area contributed by atoms with Crippen LogP contribution in [0.1, 0.15) is 5.56 Å². The van der Waals surface area contributed by atoms with Crippen molar-refractivity contribution >= 4 is 50.2 Å². The second-order valence-corrected chi connectivity index (χ2v) is 7.87. The van der Waals surface area contributed by atoms with Crippen LogP contribution in [0.2, 0.25) is 9.36 Å². The number of rotatable bonds is 3. The van der Waals surface area contributed by atoms with E-state index in [1.165, 1.54) is 18.2 Å². The summed E-state index contributed by atoms with van der Waals surface area (Å²) in [5, 5.41) is 9.10. The van der Waals surface area contributed by atoms with Gasteiger partial charge in [-0.2, -0.15) is 0 Å². The molecule has 1 aromatic carbocycles. The third kappa shape index (κ3) is 4.13. The van der Waals surface area contributed by atoms with Gasteiger partial charge in [0.15, 0.2) is 0 Å². The van der Waals surface area contributed by atoms with E-state index in [4.69, 9.17) is 28.3 Å². The van der Waals surface area contributed by atoms with Gasteiger partial charge in [-0.3, -0.25) is 4.72 Å². The van der Waals surface area contributed by atoms with Crippen LogP contribution in [0.15, 0.2) is 34.5 Å². The molecule has 4 nitrogen and oxygen atoms in total. The Hall–Kier alpha value is -1.23. The van der Waals surface area contributed by atoms with Gasteiger partial charge < -0.3 is 5.11 Å². The minimum absolute atomic E-state index is 0.0912. The molecule has 0 aliphatic rings. The van der Waals surface area contributed by atoms with E-state index in [0.717, 1.165) is 11.3 Å². The average Bonchev–Trinajstić information content (AvgIpc) is 2.85. The van der Waals surface area contributed by atoms with Crippen molar-refractivity contribution in [3.63, 3.8) is 0 Å². The summed E-state index contributed by atoms with van der Waals surface area (Å²) in [5.74, 6) is 5.12. The van der Waals surface area contributed by atoms with Gasteiger partial charge in [0, 0.05) is 10.6 Å². The maximum absolute atomic E-state index is 12.3. The third-order valence-corrected chi connectivity index (χ3v) is 5.67. The number of aliphatic hydroxyl groups excluding tert-OH is 1. The summed E-state index contributed by atoms with van der Waals surface area (Å²) in [6.45, 7) is -0.324. The summed E-state index contributed by atoms with van der Waals surface area (Å²) < 4.78 is 27.4. The molecule has 1 heterocycles. The molecule has 110 valence electrons. The van der Waals surface area contributed by atoms with Crippen molar-refractivity contribution in [2.24, 2.45) is 0 Å². The van der Waals surface area contributed by atoms with Crippen LogP contribution in [0.5, 0.6) is 0 Å². The lowest BCUT2D eigenvalue weighted by molar-refractivity contribution is 0.350. The van der Waals surface area contributed by atoms with Crippen LogP contribution in [0, 0.1) is 11.8 Å². The van der Waals surface area contributed by atoms with Crippen molar-refractivity contribution in [2.45, 2.75) is 4.21 Å². The Bertz CT molecular complexity index is 819. The van der Waals surface area contributed by atoms with Crippen LogP contribution in [0.25, 0.3) is 0 Å². The second kappa shape index (κ2) is 6.69. The molecule has 0 unspecified atom stereocenters. The number of nitrogens with one attached hydrogen (secondary N) is 1. The van der Waals surface area contributed by atoms with Crippen molar-refractivity contribution in [1.29, 1.82) is 0 Å². The van der Waals surface area contributed by atoms with Crippen molar-refractivity contribution in [2.75, 3.05) is 11.3 Å². The van der Waals surface area contributed by atoms with Crippen molar-refractivity contribution in [1.82, 2.24) is 0 Å². The highest BCUT2D eigenvalue weighted by atomic mass is 35.5. The topological polar surface area (TPSA) is 66.4 Å². The SMILES string of the molecule is O=S(=O)(Nc1cc(Cl)ccc1C#CCO)c1ccc(Cl)s1. The Kier molecular flexibility index (Phi) is 5.14. The zero-order valence-corrected chi connectivity index (χ0v) is 13.6. The van der Waals surface area contributed by atoms with Crippen LogP contribution in [-0.2, 0) is 10.0 Å². The number of benzene rings is 1. The van der Waals surface area contributed by atoms with Crippen LogP contribution < -0.4 is 4.72 Å². The van der Waals surface area contributed by atoms with Gasteiger partial charge in [-0.05, 0) is 30.3 Å². The van der Waals surface area contributed by atoms with Gasteiger partial charge in [0.1, 0.15) is 10.8 Å². The number of halogens is 2. The molecule has 2 rings (SSSR count). The molecule has 0 bridgehead atoms. The highest BCUT2D eigenvalue weighted by Gasteiger charge is 2.18. The van der Waals surface area contributed by atoms with Gasteiger partial charge in [0.25, 0.3) is 10.0 Å². The molecule has 21 heavy (non-hydrogen) atoms. The Morgan fingerprint density at radius 1 is 1.24 bits per heavy atom. The standard InChI is InChI=1S/C13H9Cl2NO3S2/c14-10-4-3-9(2-1-7-17)11(8-10)16-21(18,19)13-6-5-12(15)20-13/h3-6,8,16-17H,7H2. The van der Waals surface area contributed by atoms with Crippen LogP contribution in [0.3, 0.4) is 0 Å². The molecule has 0 saturated heterocycles. The van der Waals surface area contributed by atoms with Gasteiger partial charge in [-0.15, -0.1) is 11.3 Å². The first-order valence-electron chi connectivity index (χ1n) is 5.60. The monoisotopic (exact) mass is 361 g/mol. The quantitative estimate of drug-likeness (QED) is 0.824. The lowest BCUT2D eigenvalue weighted by Gasteiger charge is -2.09. The fourth-order valence-electron chi connectivity index (χ4n) is 1.48. The number of thiophene rings is 1. The second-order valence-electron chi connectivity index (χ2n) is 3.81. The summed E-state index contributed by atoms with van der Waals surface area (Å²) >= 11 is 12.6. The average molecular weight is 362 g/mol. The molecule has 0 atom stereocenters. The molecule has 0 spiro atoms. The Morgan fingerprint density at radius 3 is 2.62 bits per heavy atom. The lowest BCUT2D eigenvalue weighted by atomic mass is 10.2. The minimum atomic E-state index is -3.76. The molecule has 0 aliphatic carbocycles. The smallest absolute Gasteiger partial charge is 0.271 e. The van der Waals surface area contributed by atoms with E-state index < -0.39 is 10.0 Å². The van der Waals surface area contributed by atoms with Gasteiger partial charge in [-0.1, -0.05) is 35.0 Å². The van der Waals surface area contributed by atoms with E-state index in [1.54, 1.807) is 12.1 Å². The van der Waals surface area contributed by atoms with Crippen molar-refractivity contribution in [3.05, 3.63) is 45.3 Å². The molecular formula is C13H9Cl2NO3S2. The highest BCUT2D eigenvalue weighted by molar-refractivity contribution is 7.94. The zero-order chi connectivity index (χ0) is 15.5. The van der Waals surface area contributed by atoms with E-state index in [1.807, 2.05) is 0 Å². The fraction of sp³-hybridized carbons (Fsp3) is 0.0769. The lowest BCUT2D eigenvalue weighted by Crippen LogP contribution is -2.12. The van der Waals surface area contributed by atoms with Crippen LogP contribution in [-0.4, -0.2) is 20.1 Å². The molecule has 0 aliphatic heterocycles. The fourth-order valence-corrected chi connectivity index (χ4v) is 4.21. The molecule has 0 fully saturated rings. The number of aliphatic hydroxyl groups is 1. The Labute approximate surface area is 136 Å². The summed E-state index contributed by atoms with van der Waals surface area (Å²) in [6.07, 6.45) is 0. The van der Waals surface area contributed by atoms with Gasteiger partial charge >= 0.3 is 0 Å². The number of sulfonamides is 1. The van der Waals surface area contributed by atoms with Gasteiger partial charge in [0.05, 0.1) is 10.0 Å². The Balaban J connectivity index is 2.41. The van der Waals surface area contributed by atoms with E-state index in [2.05, 4.69) is 16.6 Å². The van der Waals surface area contributed by atoms with E-state index in [9.17, 15) is 8.42 Å². The van der Waals surface area contributed by atoms with Crippen LogP contribution >= 0.6 is 34.5 Å². The third-order valence-electron chi connectivity index (χ3n) is 2.34. The Morgan fingerprint density at radius 2 is 2.00 bits per heavy atom. The van der Waals surface area contributed by atoms with Crippen molar-refractivity contribution < 1.29 is 13.5 Å². The molecule has 0 amide bonds. The van der Waals surface area contributed by atoms with E-state index in [-0.39, 0.29) is 16.5 Å². The predicted molar refractivity (Wildman–Crippen MR) is 85.6 cm³/mol. The molecule has 2 aromatic rings. The maximum atomic E-state index is 12.3. The highest BCUT2D eigenvalue weighted by Crippen LogP contribution is 2.29. The minimum Gasteiger partial charge on any atom is -0.384 e. The molecule has 0 radical (unpaired) electrons. The summed E-state index contributed by atoms with van der Waals surface area (Å²) in [5.41, 5.74) is 0.660. The molecule has 1 aromatic heterocycles. The van der Waals surface area contributed by atoms with Gasteiger partial charge in [-0.25, -0.2) is 8.42 Å². The summed E-state index contributed by atoms with van der Waals surface area (Å²) in [6, 6.07) is 7.53. The predicted octanol–water partition coefficient (Wildman–Crippen LogP) is 3.20. The normalized spacial score (nSPS) is 10.8. The first-order chi connectivity index (χ1) is 9.92. The van der Waals surface area contributed by atoms with Crippen molar-refractivity contribution in [3.8, 4) is 11.8 Å². The molecule has 0 saturated carbocycles. The zero-order valence-electron chi connectivity index (χ0n) is 10.4. The summed E-state index contributed by atoms with van der Waals surface area (Å²) in [7, 11) is -3.76. The maximum Gasteiger partial charge on any atom is 0.271 e. The van der Waals surface area contributed by atoms with E-state index >= 15 is 0 Å². The van der Waals surface area contributed by atoms with Crippen LogP contribution in [0.4, 0.5) is 5.69 Å². The number of hydrogen-bond acceptors (Lipinski definition) is 4. The first kappa shape index (κ1) is 16.1. The molecule has 8 heteroatoms.